The number of aromatic nitrogens is 4. The van der Waals surface area contributed by atoms with Gasteiger partial charge < -0.3 is 15.6 Å². The number of nitrogens with zero attached hydrogens (tertiary/aromatic N) is 5. The quantitative estimate of drug-likeness (QED) is 0.629. The van der Waals surface area contributed by atoms with Crippen LogP contribution in [0.4, 0.5) is 11.6 Å². The van der Waals surface area contributed by atoms with Crippen LogP contribution in [0.1, 0.15) is 37.2 Å². The molecule has 1 atom stereocenters. The summed E-state index contributed by atoms with van der Waals surface area (Å²) in [7, 11) is -3.42. The van der Waals surface area contributed by atoms with E-state index < -0.39 is 9.84 Å². The third-order valence-electron chi connectivity index (χ3n) is 5.03. The molecule has 2 aromatic heterocycles. The standard InChI is InChI=1S/C19H21N7O2S/c1-11(24-18-13(8-20)17(21)22-10-23-18)19-25-14-4-3-5-15(29(2,27)28)16(14)26(19)9-12-6-7-12/h3-5,10-12H,6-7,9H2,1-2H3,(H3,21,22,23,24)/t11-/m0/s1. The van der Waals surface area contributed by atoms with Gasteiger partial charge in [0.1, 0.15) is 35.4 Å². The first-order valence-corrected chi connectivity index (χ1v) is 11.1. The van der Waals surface area contributed by atoms with Crippen LogP contribution in [-0.2, 0) is 16.4 Å². The molecular formula is C19H21N7O2S. The molecule has 1 aromatic carbocycles. The Morgan fingerprint density at radius 2 is 2.14 bits per heavy atom. The highest BCUT2D eigenvalue weighted by Crippen LogP contribution is 2.35. The Morgan fingerprint density at radius 1 is 1.38 bits per heavy atom. The average molecular weight is 411 g/mol. The van der Waals surface area contributed by atoms with E-state index in [1.165, 1.54) is 12.6 Å². The molecule has 0 amide bonds. The highest BCUT2D eigenvalue weighted by molar-refractivity contribution is 7.91. The van der Waals surface area contributed by atoms with Crippen LogP contribution >= 0.6 is 0 Å². The summed E-state index contributed by atoms with van der Waals surface area (Å²) < 4.78 is 26.7. The summed E-state index contributed by atoms with van der Waals surface area (Å²) in [5.74, 6) is 1.61. The SMILES string of the molecule is C[C@H](Nc1ncnc(N)c1C#N)c1nc2cccc(S(C)(=O)=O)c2n1CC1CC1. The minimum atomic E-state index is -3.42. The lowest BCUT2D eigenvalue weighted by atomic mass is 10.2. The van der Waals surface area contributed by atoms with Gasteiger partial charge in [-0.3, -0.25) is 0 Å². The first-order chi connectivity index (χ1) is 13.8. The van der Waals surface area contributed by atoms with Gasteiger partial charge in [-0.1, -0.05) is 6.07 Å². The Hall–Kier alpha value is -3.19. The fourth-order valence-corrected chi connectivity index (χ4v) is 4.32. The van der Waals surface area contributed by atoms with Crippen LogP contribution in [0.3, 0.4) is 0 Å². The van der Waals surface area contributed by atoms with E-state index in [1.54, 1.807) is 12.1 Å². The lowest BCUT2D eigenvalue weighted by Gasteiger charge is -2.18. The van der Waals surface area contributed by atoms with Gasteiger partial charge in [0.2, 0.25) is 0 Å². The van der Waals surface area contributed by atoms with E-state index in [2.05, 4.69) is 15.3 Å². The van der Waals surface area contributed by atoms with Crippen LogP contribution in [-0.4, -0.2) is 34.2 Å². The number of para-hydroxylation sites is 1. The number of anilines is 2. The number of benzene rings is 1. The van der Waals surface area contributed by atoms with Gasteiger partial charge in [0, 0.05) is 12.8 Å². The number of nitriles is 1. The molecule has 2 heterocycles. The van der Waals surface area contributed by atoms with E-state index in [-0.39, 0.29) is 22.3 Å². The summed E-state index contributed by atoms with van der Waals surface area (Å²) in [4.78, 5) is 13.0. The van der Waals surface area contributed by atoms with E-state index in [0.29, 0.717) is 35.1 Å². The summed E-state index contributed by atoms with van der Waals surface area (Å²) in [6.07, 6.45) is 4.73. The van der Waals surface area contributed by atoms with Gasteiger partial charge in [0.15, 0.2) is 9.84 Å². The van der Waals surface area contributed by atoms with Crippen molar-refractivity contribution in [1.82, 2.24) is 19.5 Å². The Kier molecular flexibility index (Phi) is 4.62. The molecule has 1 saturated carbocycles. The molecule has 4 rings (SSSR count). The molecule has 9 nitrogen and oxygen atoms in total. The maximum Gasteiger partial charge on any atom is 0.177 e. The number of hydrogen-bond donors (Lipinski definition) is 2. The highest BCUT2D eigenvalue weighted by Gasteiger charge is 2.28. The molecule has 0 unspecified atom stereocenters. The minimum Gasteiger partial charge on any atom is -0.382 e. The molecule has 1 aliphatic rings. The topological polar surface area (TPSA) is 140 Å². The van der Waals surface area contributed by atoms with Gasteiger partial charge in [-0.05, 0) is 37.8 Å². The van der Waals surface area contributed by atoms with Crippen LogP contribution in [0, 0.1) is 17.2 Å². The third-order valence-corrected chi connectivity index (χ3v) is 6.15. The summed E-state index contributed by atoms with van der Waals surface area (Å²) in [6, 6.07) is 6.81. The smallest absolute Gasteiger partial charge is 0.177 e. The Labute approximate surface area is 168 Å². The number of sulfone groups is 1. The number of fused-ring (bicyclic) bond motifs is 1. The lowest BCUT2D eigenvalue weighted by Crippen LogP contribution is -2.17. The predicted octanol–water partition coefficient (Wildman–Crippen LogP) is 2.27. The molecule has 1 aliphatic carbocycles. The molecule has 0 saturated heterocycles. The zero-order valence-electron chi connectivity index (χ0n) is 16.1. The van der Waals surface area contributed by atoms with Gasteiger partial charge in [-0.2, -0.15) is 5.26 Å². The fourth-order valence-electron chi connectivity index (χ4n) is 3.43. The monoisotopic (exact) mass is 411 g/mol. The predicted molar refractivity (Wildman–Crippen MR) is 109 cm³/mol. The van der Waals surface area contributed by atoms with Crippen LogP contribution < -0.4 is 11.1 Å². The van der Waals surface area contributed by atoms with Gasteiger partial charge in [0.25, 0.3) is 0 Å². The van der Waals surface area contributed by atoms with Crippen LogP contribution in [0.2, 0.25) is 0 Å². The fraction of sp³-hybridized carbons (Fsp3) is 0.368. The summed E-state index contributed by atoms with van der Waals surface area (Å²) in [6.45, 7) is 2.59. The van der Waals surface area contributed by atoms with E-state index in [1.807, 2.05) is 23.6 Å². The zero-order valence-corrected chi connectivity index (χ0v) is 16.9. The Bertz CT molecular complexity index is 1240. The molecular weight excluding hydrogens is 390 g/mol. The molecule has 3 aromatic rings. The number of nitrogens with one attached hydrogen (secondary N) is 1. The van der Waals surface area contributed by atoms with Gasteiger partial charge in [-0.15, -0.1) is 0 Å². The second kappa shape index (κ2) is 7.00. The second-order valence-electron chi connectivity index (χ2n) is 7.38. The van der Waals surface area contributed by atoms with Crippen molar-refractivity contribution in [3.8, 4) is 6.07 Å². The number of rotatable bonds is 6. The summed E-state index contributed by atoms with van der Waals surface area (Å²) in [5, 5.41) is 12.6. The molecule has 10 heteroatoms. The molecule has 1 fully saturated rings. The van der Waals surface area contributed by atoms with Crippen molar-refractivity contribution < 1.29 is 8.42 Å². The molecule has 0 spiro atoms. The maximum atomic E-state index is 12.4. The third kappa shape index (κ3) is 3.61. The first-order valence-electron chi connectivity index (χ1n) is 9.26. The van der Waals surface area contributed by atoms with E-state index in [0.717, 1.165) is 12.8 Å². The molecule has 3 N–H and O–H groups in total. The van der Waals surface area contributed by atoms with Gasteiger partial charge in [0.05, 0.1) is 22.0 Å². The molecule has 0 bridgehead atoms. The van der Waals surface area contributed by atoms with Crippen molar-refractivity contribution in [3.05, 3.63) is 35.9 Å². The minimum absolute atomic E-state index is 0.100. The number of nitrogens with two attached hydrogens (primary N) is 1. The normalized spacial score (nSPS) is 15.2. The zero-order chi connectivity index (χ0) is 20.8. The number of hydrogen-bond acceptors (Lipinski definition) is 8. The van der Waals surface area contributed by atoms with E-state index in [9.17, 15) is 13.7 Å². The largest absolute Gasteiger partial charge is 0.382 e. The first kappa shape index (κ1) is 19.1. The van der Waals surface area contributed by atoms with Crippen molar-refractivity contribution in [1.29, 1.82) is 5.26 Å². The molecule has 0 radical (unpaired) electrons. The number of nitrogen functional groups attached to an aromatic ring is 1. The van der Waals surface area contributed by atoms with Crippen molar-refractivity contribution in [2.24, 2.45) is 5.92 Å². The highest BCUT2D eigenvalue weighted by atomic mass is 32.2. The van der Waals surface area contributed by atoms with Gasteiger partial charge >= 0.3 is 0 Å². The van der Waals surface area contributed by atoms with Crippen molar-refractivity contribution >= 4 is 32.5 Å². The molecule has 150 valence electrons. The average Bonchev–Trinajstić information content (AvgIpc) is 3.40. The summed E-state index contributed by atoms with van der Waals surface area (Å²) in [5.41, 5.74) is 7.19. The van der Waals surface area contributed by atoms with Crippen molar-refractivity contribution in [3.63, 3.8) is 0 Å². The lowest BCUT2D eigenvalue weighted by molar-refractivity contribution is 0.585. The van der Waals surface area contributed by atoms with Gasteiger partial charge in [-0.25, -0.2) is 23.4 Å². The maximum absolute atomic E-state index is 12.4. The Balaban J connectivity index is 1.83. The van der Waals surface area contributed by atoms with Crippen LogP contribution in [0.15, 0.2) is 29.4 Å². The van der Waals surface area contributed by atoms with Crippen molar-refractivity contribution in [2.45, 2.75) is 37.2 Å². The number of imidazole rings is 1. The Morgan fingerprint density at radius 3 is 2.79 bits per heavy atom. The van der Waals surface area contributed by atoms with E-state index in [4.69, 9.17) is 10.7 Å². The van der Waals surface area contributed by atoms with Crippen molar-refractivity contribution in [2.75, 3.05) is 17.3 Å². The van der Waals surface area contributed by atoms with Crippen LogP contribution in [0.5, 0.6) is 0 Å². The van der Waals surface area contributed by atoms with Crippen LogP contribution in [0.25, 0.3) is 11.0 Å². The summed E-state index contributed by atoms with van der Waals surface area (Å²) >= 11 is 0. The second-order valence-corrected chi connectivity index (χ2v) is 9.36. The molecule has 0 aliphatic heterocycles. The van der Waals surface area contributed by atoms with E-state index >= 15 is 0 Å². The molecule has 29 heavy (non-hydrogen) atoms.